The summed E-state index contributed by atoms with van der Waals surface area (Å²) >= 11 is 0. The number of hydrogen-bond donors (Lipinski definition) is 1. The second kappa shape index (κ2) is 7.30. The Balaban J connectivity index is 1.43. The number of fused-ring (bicyclic) bond motifs is 4. The van der Waals surface area contributed by atoms with Crippen LogP contribution >= 0.6 is 0 Å². The van der Waals surface area contributed by atoms with Gasteiger partial charge in [-0.1, -0.05) is 54.0 Å². The summed E-state index contributed by atoms with van der Waals surface area (Å²) in [5, 5.41) is 20.8. The number of allylic oxidation sites excluding steroid dienone is 4. The largest absolute Gasteiger partial charge is 0.390 e. The van der Waals surface area contributed by atoms with Gasteiger partial charge in [-0.2, -0.15) is 5.26 Å². The molecule has 2 aromatic rings. The SMILES string of the molecule is C[C@]1(O)CC[C@H]2C3=C4[C@H](C[C@@]21C)c1ccc(-c2ccc(C#N)cc2)cc1C[C@@]41CCC(=O)C=C1CC3. The van der Waals surface area contributed by atoms with E-state index < -0.39 is 5.60 Å². The lowest BCUT2D eigenvalue weighted by Gasteiger charge is -2.58. The molecule has 1 spiro atoms. The van der Waals surface area contributed by atoms with Crippen molar-refractivity contribution in [2.75, 3.05) is 0 Å². The predicted octanol–water partition coefficient (Wildman–Crippen LogP) is 6.80. The van der Waals surface area contributed by atoms with E-state index in [0.29, 0.717) is 23.8 Å². The Morgan fingerprint density at radius 2 is 1.78 bits per heavy atom. The highest BCUT2D eigenvalue weighted by Gasteiger charge is 2.62. The summed E-state index contributed by atoms with van der Waals surface area (Å²) in [4.78, 5) is 12.5. The third kappa shape index (κ3) is 2.80. The smallest absolute Gasteiger partial charge is 0.155 e. The van der Waals surface area contributed by atoms with Gasteiger partial charge in [-0.3, -0.25) is 4.79 Å². The summed E-state index contributed by atoms with van der Waals surface area (Å²) in [7, 11) is 0. The number of rotatable bonds is 1. The number of ketones is 1. The van der Waals surface area contributed by atoms with Crippen LogP contribution < -0.4 is 0 Å². The Bertz CT molecular complexity index is 1420. The Kier molecular flexibility index (Phi) is 4.51. The standard InChI is InChI=1S/C33H33NO2/c1-31-18-28-26-9-7-22(21-5-3-20(19-34)4-6-21)15-23(26)17-33-14-11-25(35)16-24(33)8-10-27(30(28)33)29(31)12-13-32(31,2)36/h3-7,9,15-16,28-29,36H,8,10-14,17-18H2,1-2H3/t28-,29+,31+,32+,33-/m1/s1. The van der Waals surface area contributed by atoms with Crippen LogP contribution in [0.1, 0.15) is 81.4 Å². The van der Waals surface area contributed by atoms with E-state index in [1.54, 1.807) is 11.1 Å². The van der Waals surface area contributed by atoms with Crippen molar-refractivity contribution in [3.05, 3.63) is 82.0 Å². The van der Waals surface area contributed by atoms with E-state index in [1.165, 1.54) is 22.3 Å². The molecular weight excluding hydrogens is 442 g/mol. The van der Waals surface area contributed by atoms with Crippen LogP contribution in [0.25, 0.3) is 11.1 Å². The fourth-order valence-electron chi connectivity index (χ4n) is 8.91. The van der Waals surface area contributed by atoms with Crippen molar-refractivity contribution >= 4 is 5.78 Å². The molecule has 0 amide bonds. The Hall–Kier alpha value is -2.96. The molecule has 5 aliphatic carbocycles. The van der Waals surface area contributed by atoms with E-state index in [-0.39, 0.29) is 16.6 Å². The van der Waals surface area contributed by atoms with Gasteiger partial charge in [0.1, 0.15) is 0 Å². The maximum atomic E-state index is 12.5. The van der Waals surface area contributed by atoms with Crippen molar-refractivity contribution in [3.8, 4) is 17.2 Å². The molecule has 0 bridgehead atoms. The minimum atomic E-state index is -0.651. The highest BCUT2D eigenvalue weighted by atomic mass is 16.3. The topological polar surface area (TPSA) is 61.1 Å². The molecule has 3 nitrogen and oxygen atoms in total. The number of nitrogens with zero attached hydrogens (tertiary/aromatic N) is 1. The van der Waals surface area contributed by atoms with E-state index in [9.17, 15) is 15.2 Å². The minimum absolute atomic E-state index is 0.0295. The first-order valence-corrected chi connectivity index (χ1v) is 13.6. The second-order valence-corrected chi connectivity index (χ2v) is 12.5. The van der Waals surface area contributed by atoms with Crippen LogP contribution in [0.2, 0.25) is 0 Å². The molecule has 0 radical (unpaired) electrons. The van der Waals surface area contributed by atoms with Gasteiger partial charge in [0.25, 0.3) is 0 Å². The highest BCUT2D eigenvalue weighted by Crippen LogP contribution is 2.70. The van der Waals surface area contributed by atoms with E-state index in [2.05, 4.69) is 38.1 Å². The maximum absolute atomic E-state index is 12.5. The maximum Gasteiger partial charge on any atom is 0.155 e. The summed E-state index contributed by atoms with van der Waals surface area (Å²) in [6, 6.07) is 17.0. The summed E-state index contributed by atoms with van der Waals surface area (Å²) < 4.78 is 0. The van der Waals surface area contributed by atoms with Crippen LogP contribution in [0.4, 0.5) is 0 Å². The molecule has 36 heavy (non-hydrogen) atoms. The van der Waals surface area contributed by atoms with Gasteiger partial charge in [-0.25, -0.2) is 0 Å². The number of carbonyl (C=O) groups excluding carboxylic acids is 1. The molecule has 0 aliphatic heterocycles. The van der Waals surface area contributed by atoms with Gasteiger partial charge in [0.05, 0.1) is 17.2 Å². The van der Waals surface area contributed by atoms with Crippen molar-refractivity contribution < 1.29 is 9.90 Å². The van der Waals surface area contributed by atoms with Crippen LogP contribution in [0.3, 0.4) is 0 Å². The molecule has 1 saturated carbocycles. The molecule has 3 heteroatoms. The third-order valence-corrected chi connectivity index (χ3v) is 10.9. The second-order valence-electron chi connectivity index (χ2n) is 12.5. The van der Waals surface area contributed by atoms with Crippen LogP contribution in [0.15, 0.2) is 65.3 Å². The highest BCUT2D eigenvalue weighted by molar-refractivity contribution is 5.92. The van der Waals surface area contributed by atoms with E-state index in [1.807, 2.05) is 30.3 Å². The molecule has 1 N–H and O–H groups in total. The first-order chi connectivity index (χ1) is 17.3. The van der Waals surface area contributed by atoms with Crippen molar-refractivity contribution in [1.82, 2.24) is 0 Å². The third-order valence-electron chi connectivity index (χ3n) is 10.9. The average Bonchev–Trinajstić information content (AvgIpc) is 3.12. The molecule has 5 aliphatic rings. The van der Waals surface area contributed by atoms with Crippen molar-refractivity contribution in [2.45, 2.75) is 76.7 Å². The quantitative estimate of drug-likeness (QED) is 0.461. The minimum Gasteiger partial charge on any atom is -0.390 e. The summed E-state index contributed by atoms with van der Waals surface area (Å²) in [6.45, 7) is 4.41. The number of hydrogen-bond acceptors (Lipinski definition) is 3. The molecule has 0 unspecified atom stereocenters. The zero-order valence-corrected chi connectivity index (χ0v) is 21.2. The normalized spacial score (nSPS) is 36.3. The van der Waals surface area contributed by atoms with Crippen LogP contribution in [0.5, 0.6) is 0 Å². The van der Waals surface area contributed by atoms with Crippen molar-refractivity contribution in [3.63, 3.8) is 0 Å². The van der Waals surface area contributed by atoms with E-state index in [4.69, 9.17) is 0 Å². The predicted molar refractivity (Wildman–Crippen MR) is 140 cm³/mol. The van der Waals surface area contributed by atoms with Gasteiger partial charge < -0.3 is 5.11 Å². The Labute approximate surface area is 213 Å². The zero-order chi connectivity index (χ0) is 24.9. The van der Waals surface area contributed by atoms with E-state index in [0.717, 1.165) is 50.5 Å². The molecular formula is C33H33NO2. The fourth-order valence-corrected chi connectivity index (χ4v) is 8.91. The van der Waals surface area contributed by atoms with Crippen molar-refractivity contribution in [1.29, 1.82) is 5.26 Å². The summed E-state index contributed by atoms with van der Waals surface area (Å²) in [6.07, 6.45) is 9.49. The molecule has 1 fully saturated rings. The Morgan fingerprint density at radius 1 is 1.00 bits per heavy atom. The molecule has 0 saturated heterocycles. The summed E-state index contributed by atoms with van der Waals surface area (Å²) in [5.41, 5.74) is 9.63. The van der Waals surface area contributed by atoms with E-state index >= 15 is 0 Å². The van der Waals surface area contributed by atoms with Gasteiger partial charge in [0.15, 0.2) is 5.78 Å². The van der Waals surface area contributed by atoms with Crippen molar-refractivity contribution in [2.24, 2.45) is 16.7 Å². The zero-order valence-electron chi connectivity index (χ0n) is 21.2. The lowest BCUT2D eigenvalue weighted by atomic mass is 9.46. The number of aliphatic hydroxyl groups is 1. The fraction of sp³-hybridized carbons (Fsp3) is 0.455. The first kappa shape index (κ1) is 22.3. The van der Waals surface area contributed by atoms with Gasteiger partial charge in [-0.15, -0.1) is 0 Å². The van der Waals surface area contributed by atoms with Crippen LogP contribution in [0, 0.1) is 28.1 Å². The van der Waals surface area contributed by atoms with Gasteiger partial charge in [-0.05, 0) is 98.2 Å². The number of benzene rings is 2. The molecule has 7 rings (SSSR count). The average molecular weight is 476 g/mol. The molecule has 0 heterocycles. The van der Waals surface area contributed by atoms with Crippen LogP contribution in [-0.4, -0.2) is 16.5 Å². The van der Waals surface area contributed by atoms with Gasteiger partial charge in [0.2, 0.25) is 0 Å². The molecule has 2 aromatic carbocycles. The lowest BCUT2D eigenvalue weighted by molar-refractivity contribution is -0.115. The molecule has 5 atom stereocenters. The van der Waals surface area contributed by atoms with Crippen LogP contribution in [-0.2, 0) is 11.2 Å². The number of nitriles is 1. The summed E-state index contributed by atoms with van der Waals surface area (Å²) in [5.74, 6) is 1.05. The Morgan fingerprint density at radius 3 is 2.56 bits per heavy atom. The lowest BCUT2D eigenvalue weighted by Crippen LogP contribution is -2.51. The molecule has 182 valence electrons. The monoisotopic (exact) mass is 475 g/mol. The number of carbonyl (C=O) groups is 1. The first-order valence-electron chi connectivity index (χ1n) is 13.6. The van der Waals surface area contributed by atoms with Gasteiger partial charge >= 0.3 is 0 Å². The van der Waals surface area contributed by atoms with Gasteiger partial charge in [0, 0.05) is 23.2 Å². The molecule has 0 aromatic heterocycles.